The highest BCUT2D eigenvalue weighted by Crippen LogP contribution is 2.08. The Morgan fingerprint density at radius 3 is 2.26 bits per heavy atom. The number of amides is 1. The van der Waals surface area contributed by atoms with Crippen molar-refractivity contribution in [1.82, 2.24) is 15.5 Å². The molecule has 2 N–H and O–H groups in total. The minimum Gasteiger partial charge on any atom is -0.444 e. The standard InChI is InChI=1S/C16H34N4O2.HI/c1-13(2)9-8-10-18-14(17-6)19-11-12-20(7)15(21)22-16(3,4)5;/h13H,8-12H2,1-7H3,(H2,17,18,19);1H. The van der Waals surface area contributed by atoms with Crippen molar-refractivity contribution in [1.29, 1.82) is 0 Å². The van der Waals surface area contributed by atoms with Crippen LogP contribution in [-0.2, 0) is 4.74 Å². The van der Waals surface area contributed by atoms with Crippen LogP contribution >= 0.6 is 24.0 Å². The van der Waals surface area contributed by atoms with Gasteiger partial charge in [0.15, 0.2) is 5.96 Å². The normalized spacial score (nSPS) is 11.7. The van der Waals surface area contributed by atoms with Crippen LogP contribution in [0, 0.1) is 5.92 Å². The summed E-state index contributed by atoms with van der Waals surface area (Å²) in [5.74, 6) is 1.49. The molecule has 0 aliphatic heterocycles. The van der Waals surface area contributed by atoms with E-state index in [2.05, 4.69) is 29.5 Å². The molecule has 7 heteroatoms. The molecule has 0 radical (unpaired) electrons. The lowest BCUT2D eigenvalue weighted by molar-refractivity contribution is 0.0302. The molecule has 0 bridgehead atoms. The molecule has 0 aliphatic carbocycles. The molecule has 0 atom stereocenters. The van der Waals surface area contributed by atoms with Gasteiger partial charge in [-0.1, -0.05) is 13.8 Å². The summed E-state index contributed by atoms with van der Waals surface area (Å²) < 4.78 is 5.30. The second-order valence-electron chi connectivity index (χ2n) is 6.86. The molecule has 0 aromatic carbocycles. The van der Waals surface area contributed by atoms with Crippen LogP contribution in [0.3, 0.4) is 0 Å². The van der Waals surface area contributed by atoms with Crippen LogP contribution in [0.1, 0.15) is 47.5 Å². The van der Waals surface area contributed by atoms with E-state index in [0.29, 0.717) is 13.1 Å². The minimum atomic E-state index is -0.465. The zero-order valence-corrected chi connectivity index (χ0v) is 18.1. The Balaban J connectivity index is 0. The van der Waals surface area contributed by atoms with Crippen molar-refractivity contribution in [3.8, 4) is 0 Å². The number of carbonyl (C=O) groups excluding carboxylic acids is 1. The maximum atomic E-state index is 11.8. The first-order valence-electron chi connectivity index (χ1n) is 8.04. The Morgan fingerprint density at radius 1 is 1.22 bits per heavy atom. The summed E-state index contributed by atoms with van der Waals surface area (Å²) >= 11 is 0. The molecule has 0 aromatic rings. The summed E-state index contributed by atoms with van der Waals surface area (Å²) in [6, 6.07) is 0. The van der Waals surface area contributed by atoms with Crippen molar-refractivity contribution in [2.24, 2.45) is 10.9 Å². The van der Waals surface area contributed by atoms with Crippen LogP contribution in [-0.4, -0.2) is 56.3 Å². The van der Waals surface area contributed by atoms with Gasteiger partial charge >= 0.3 is 6.09 Å². The van der Waals surface area contributed by atoms with Crippen LogP contribution in [0.25, 0.3) is 0 Å². The van der Waals surface area contributed by atoms with E-state index in [9.17, 15) is 4.79 Å². The van der Waals surface area contributed by atoms with Gasteiger partial charge < -0.3 is 20.3 Å². The predicted octanol–water partition coefficient (Wildman–Crippen LogP) is 3.07. The number of hydrogen-bond donors (Lipinski definition) is 2. The van der Waals surface area contributed by atoms with Gasteiger partial charge in [0.2, 0.25) is 0 Å². The van der Waals surface area contributed by atoms with E-state index in [1.165, 1.54) is 6.42 Å². The molecule has 0 aromatic heterocycles. The summed E-state index contributed by atoms with van der Waals surface area (Å²) in [7, 11) is 3.48. The molecule has 138 valence electrons. The maximum absolute atomic E-state index is 11.8. The van der Waals surface area contributed by atoms with Crippen molar-refractivity contribution < 1.29 is 9.53 Å². The first-order chi connectivity index (χ1) is 10.2. The fraction of sp³-hybridized carbons (Fsp3) is 0.875. The number of halogens is 1. The molecule has 0 spiro atoms. The first-order valence-corrected chi connectivity index (χ1v) is 8.04. The Hall–Kier alpha value is -0.730. The number of nitrogens with zero attached hydrogens (tertiary/aromatic N) is 2. The molecule has 0 unspecified atom stereocenters. The van der Waals surface area contributed by atoms with E-state index >= 15 is 0 Å². The average molecular weight is 442 g/mol. The largest absolute Gasteiger partial charge is 0.444 e. The molecule has 1 amide bonds. The highest BCUT2D eigenvalue weighted by atomic mass is 127. The SMILES string of the molecule is CN=C(NCCCC(C)C)NCCN(C)C(=O)OC(C)(C)C.I. The molecule has 23 heavy (non-hydrogen) atoms. The van der Waals surface area contributed by atoms with Crippen LogP contribution in [0.2, 0.25) is 0 Å². The number of guanidine groups is 1. The van der Waals surface area contributed by atoms with Crippen LogP contribution in [0.5, 0.6) is 0 Å². The Morgan fingerprint density at radius 2 is 1.78 bits per heavy atom. The van der Waals surface area contributed by atoms with E-state index in [4.69, 9.17) is 4.74 Å². The first kappa shape index (κ1) is 24.5. The third-order valence-electron chi connectivity index (χ3n) is 2.92. The number of likely N-dealkylation sites (N-methyl/N-ethyl adjacent to an activating group) is 1. The second kappa shape index (κ2) is 12.7. The van der Waals surface area contributed by atoms with Crippen LogP contribution in [0.15, 0.2) is 4.99 Å². The number of ether oxygens (including phenoxy) is 1. The van der Waals surface area contributed by atoms with Gasteiger partial charge in [-0.3, -0.25) is 4.99 Å². The average Bonchev–Trinajstić information content (AvgIpc) is 2.38. The number of rotatable bonds is 7. The summed E-state index contributed by atoms with van der Waals surface area (Å²) in [5, 5.41) is 6.47. The van der Waals surface area contributed by atoms with Crippen molar-refractivity contribution in [2.75, 3.05) is 33.7 Å². The zero-order valence-electron chi connectivity index (χ0n) is 15.7. The van der Waals surface area contributed by atoms with E-state index in [0.717, 1.165) is 24.8 Å². The van der Waals surface area contributed by atoms with Gasteiger partial charge in [-0.05, 0) is 39.5 Å². The van der Waals surface area contributed by atoms with Gasteiger partial charge in [0, 0.05) is 33.7 Å². The third-order valence-corrected chi connectivity index (χ3v) is 2.92. The molecular formula is C16H35IN4O2. The highest BCUT2D eigenvalue weighted by molar-refractivity contribution is 14.0. The number of nitrogens with one attached hydrogen (secondary N) is 2. The van der Waals surface area contributed by atoms with Gasteiger partial charge in [-0.25, -0.2) is 4.79 Å². The zero-order chi connectivity index (χ0) is 17.2. The molecule has 0 aliphatic rings. The van der Waals surface area contributed by atoms with E-state index in [1.807, 2.05) is 20.8 Å². The smallest absolute Gasteiger partial charge is 0.410 e. The molecule has 0 saturated carbocycles. The Kier molecular flexibility index (Phi) is 13.5. The van der Waals surface area contributed by atoms with Gasteiger partial charge in [0.25, 0.3) is 0 Å². The Labute approximate surface area is 158 Å². The van der Waals surface area contributed by atoms with E-state index < -0.39 is 5.60 Å². The molecule has 0 rings (SSSR count). The summed E-state index contributed by atoms with van der Waals surface area (Å²) in [5.41, 5.74) is -0.465. The van der Waals surface area contributed by atoms with E-state index in [-0.39, 0.29) is 30.1 Å². The molecule has 0 fully saturated rings. The van der Waals surface area contributed by atoms with Crippen molar-refractivity contribution in [3.05, 3.63) is 0 Å². The summed E-state index contributed by atoms with van der Waals surface area (Å²) in [4.78, 5) is 17.5. The lowest BCUT2D eigenvalue weighted by Gasteiger charge is -2.24. The highest BCUT2D eigenvalue weighted by Gasteiger charge is 2.19. The maximum Gasteiger partial charge on any atom is 0.410 e. The van der Waals surface area contributed by atoms with Crippen molar-refractivity contribution in [2.45, 2.75) is 53.1 Å². The summed E-state index contributed by atoms with van der Waals surface area (Å²) in [6.45, 7) is 12.1. The number of aliphatic imine (C=N–C) groups is 1. The quantitative estimate of drug-likeness (QED) is 0.275. The lowest BCUT2D eigenvalue weighted by atomic mass is 10.1. The van der Waals surface area contributed by atoms with Crippen molar-refractivity contribution >= 4 is 36.0 Å². The van der Waals surface area contributed by atoms with Crippen LogP contribution < -0.4 is 10.6 Å². The Bertz CT molecular complexity index is 354. The topological polar surface area (TPSA) is 66.0 Å². The fourth-order valence-electron chi connectivity index (χ4n) is 1.71. The molecular weight excluding hydrogens is 407 g/mol. The van der Waals surface area contributed by atoms with Gasteiger partial charge in [-0.2, -0.15) is 0 Å². The van der Waals surface area contributed by atoms with Crippen molar-refractivity contribution in [3.63, 3.8) is 0 Å². The number of hydrogen-bond acceptors (Lipinski definition) is 3. The third kappa shape index (κ3) is 14.6. The monoisotopic (exact) mass is 442 g/mol. The summed E-state index contributed by atoms with van der Waals surface area (Å²) in [6.07, 6.45) is 2.01. The van der Waals surface area contributed by atoms with E-state index in [1.54, 1.807) is 19.0 Å². The van der Waals surface area contributed by atoms with Gasteiger partial charge in [-0.15, -0.1) is 24.0 Å². The van der Waals surface area contributed by atoms with Gasteiger partial charge in [0.1, 0.15) is 5.60 Å². The minimum absolute atomic E-state index is 0. The predicted molar refractivity (Wildman–Crippen MR) is 108 cm³/mol. The lowest BCUT2D eigenvalue weighted by Crippen LogP contribution is -2.43. The second-order valence-corrected chi connectivity index (χ2v) is 6.86. The van der Waals surface area contributed by atoms with Crippen LogP contribution in [0.4, 0.5) is 4.79 Å². The van der Waals surface area contributed by atoms with Gasteiger partial charge in [0.05, 0.1) is 0 Å². The molecule has 0 saturated heterocycles. The molecule has 6 nitrogen and oxygen atoms in total. The number of carbonyl (C=O) groups is 1. The fourth-order valence-corrected chi connectivity index (χ4v) is 1.71. The molecule has 0 heterocycles.